The minimum atomic E-state index is -3.90. The monoisotopic (exact) mass is 346 g/mol. The van der Waals surface area contributed by atoms with Crippen molar-refractivity contribution in [1.82, 2.24) is 19.8 Å². The van der Waals surface area contributed by atoms with Gasteiger partial charge in [0.25, 0.3) is 0 Å². The number of sulfonamides is 1. The molecule has 2 atom stereocenters. The largest absolute Gasteiger partial charge is 0.480 e. The number of aryl methyl sites for hydroxylation is 1. The lowest BCUT2D eigenvalue weighted by molar-refractivity contribution is -0.142. The molecule has 9 nitrogen and oxygen atoms in total. The second-order valence-electron chi connectivity index (χ2n) is 5.72. The normalized spacial score (nSPS) is 14.5. The molecule has 0 saturated heterocycles. The summed E-state index contributed by atoms with van der Waals surface area (Å²) in [7, 11) is -2.34. The smallest absolute Gasteiger partial charge is 0.326 e. The number of carboxylic acids is 1. The third-order valence-electron chi connectivity index (χ3n) is 3.04. The number of carboxylic acid groups (broad SMARTS) is 1. The van der Waals surface area contributed by atoms with E-state index in [0.717, 1.165) is 6.20 Å². The van der Waals surface area contributed by atoms with Crippen molar-refractivity contribution in [2.24, 2.45) is 13.0 Å². The number of aromatic nitrogens is 2. The van der Waals surface area contributed by atoms with E-state index in [1.807, 2.05) is 13.8 Å². The van der Waals surface area contributed by atoms with E-state index < -0.39 is 34.0 Å². The first-order valence-corrected chi connectivity index (χ1v) is 8.55. The molecule has 3 N–H and O–H groups in total. The predicted molar refractivity (Wildman–Crippen MR) is 82.0 cm³/mol. The Bertz CT molecular complexity index is 668. The quantitative estimate of drug-likeness (QED) is 0.592. The van der Waals surface area contributed by atoms with Crippen LogP contribution in [0.15, 0.2) is 17.3 Å². The summed E-state index contributed by atoms with van der Waals surface area (Å²) in [5.41, 5.74) is 0. The fraction of sp³-hybridized carbons (Fsp3) is 0.615. The highest BCUT2D eigenvalue weighted by Crippen LogP contribution is 2.08. The lowest BCUT2D eigenvalue weighted by Gasteiger charge is -2.19. The molecule has 0 fully saturated rings. The van der Waals surface area contributed by atoms with E-state index >= 15 is 0 Å². The Kier molecular flexibility index (Phi) is 6.28. The molecule has 0 spiro atoms. The molecule has 0 bridgehead atoms. The van der Waals surface area contributed by atoms with Crippen molar-refractivity contribution in [2.75, 3.05) is 0 Å². The molecule has 23 heavy (non-hydrogen) atoms. The van der Waals surface area contributed by atoms with Gasteiger partial charge in [0.15, 0.2) is 0 Å². The van der Waals surface area contributed by atoms with E-state index in [-0.39, 0.29) is 17.2 Å². The number of amides is 1. The highest BCUT2D eigenvalue weighted by Gasteiger charge is 2.27. The van der Waals surface area contributed by atoms with Crippen LogP contribution in [0.2, 0.25) is 0 Å². The first-order valence-electron chi connectivity index (χ1n) is 7.07. The third-order valence-corrected chi connectivity index (χ3v) is 4.53. The summed E-state index contributed by atoms with van der Waals surface area (Å²) >= 11 is 0. The molecule has 1 amide bonds. The van der Waals surface area contributed by atoms with Crippen LogP contribution >= 0.6 is 0 Å². The number of carbonyl (C=O) groups excluding carboxylic acids is 1. The van der Waals surface area contributed by atoms with E-state index in [0.29, 0.717) is 0 Å². The maximum Gasteiger partial charge on any atom is 0.326 e. The summed E-state index contributed by atoms with van der Waals surface area (Å²) in [6.07, 6.45) is 2.71. The Balaban J connectivity index is 2.74. The number of rotatable bonds is 8. The maximum absolute atomic E-state index is 12.1. The third kappa shape index (κ3) is 5.64. The molecular weight excluding hydrogens is 324 g/mol. The van der Waals surface area contributed by atoms with Crippen molar-refractivity contribution in [3.63, 3.8) is 0 Å². The lowest BCUT2D eigenvalue weighted by atomic mass is 10.0. The molecule has 0 aliphatic heterocycles. The number of aliphatic carboxylic acids is 1. The van der Waals surface area contributed by atoms with Crippen LogP contribution in [0.5, 0.6) is 0 Å². The summed E-state index contributed by atoms with van der Waals surface area (Å²) in [5, 5.41) is 15.2. The molecule has 0 aliphatic carbocycles. The number of nitrogens with zero attached hydrogens (tertiary/aromatic N) is 2. The van der Waals surface area contributed by atoms with E-state index in [2.05, 4.69) is 15.1 Å². The summed E-state index contributed by atoms with van der Waals surface area (Å²) in [6, 6.07) is -2.18. The average Bonchev–Trinajstić information content (AvgIpc) is 2.84. The Morgan fingerprint density at radius 3 is 2.39 bits per heavy atom. The van der Waals surface area contributed by atoms with Crippen LogP contribution < -0.4 is 10.0 Å². The van der Waals surface area contributed by atoms with Crippen molar-refractivity contribution in [2.45, 2.75) is 44.2 Å². The number of carbonyl (C=O) groups is 2. The minimum Gasteiger partial charge on any atom is -0.480 e. The van der Waals surface area contributed by atoms with Gasteiger partial charge in [0.1, 0.15) is 10.9 Å². The van der Waals surface area contributed by atoms with E-state index in [4.69, 9.17) is 5.11 Å². The zero-order chi connectivity index (χ0) is 17.8. The van der Waals surface area contributed by atoms with Gasteiger partial charge in [-0.15, -0.1) is 0 Å². The summed E-state index contributed by atoms with van der Waals surface area (Å²) in [6.45, 7) is 5.00. The maximum atomic E-state index is 12.1. The Morgan fingerprint density at radius 2 is 1.96 bits per heavy atom. The van der Waals surface area contributed by atoms with Gasteiger partial charge >= 0.3 is 5.97 Å². The van der Waals surface area contributed by atoms with Crippen molar-refractivity contribution in [3.8, 4) is 0 Å². The Morgan fingerprint density at radius 1 is 1.35 bits per heavy atom. The Hall–Kier alpha value is -1.94. The molecule has 1 aromatic rings. The van der Waals surface area contributed by atoms with Crippen molar-refractivity contribution >= 4 is 21.9 Å². The van der Waals surface area contributed by atoms with Crippen LogP contribution in [0.25, 0.3) is 0 Å². The van der Waals surface area contributed by atoms with Crippen LogP contribution in [0.1, 0.15) is 27.2 Å². The van der Waals surface area contributed by atoms with E-state index in [1.165, 1.54) is 17.8 Å². The Labute approximate surface area is 135 Å². The second-order valence-corrected chi connectivity index (χ2v) is 7.44. The molecule has 1 unspecified atom stereocenters. The molecule has 10 heteroatoms. The SMILES string of the molecule is CC(C)C[C@@H](NC(=O)C(C)NS(=O)(=O)c1cnn(C)c1)C(=O)O. The molecule has 1 heterocycles. The lowest BCUT2D eigenvalue weighted by Crippen LogP contribution is -2.50. The van der Waals surface area contributed by atoms with Crippen LogP contribution in [-0.4, -0.2) is 47.3 Å². The standard InChI is InChI=1S/C13H22N4O5S/c1-8(2)5-11(13(19)20)15-12(18)9(3)16-23(21,22)10-6-14-17(4)7-10/h6-9,11,16H,5H2,1-4H3,(H,15,18)(H,19,20)/t9?,11-/m1/s1. The second kappa shape index (κ2) is 7.55. The van der Waals surface area contributed by atoms with Crippen LogP contribution in [0, 0.1) is 5.92 Å². The minimum absolute atomic E-state index is 0.0683. The molecule has 0 aliphatic rings. The van der Waals surface area contributed by atoms with Gasteiger partial charge in [0, 0.05) is 13.2 Å². The molecule has 1 rings (SSSR count). The van der Waals surface area contributed by atoms with Gasteiger partial charge in [0.2, 0.25) is 15.9 Å². The highest BCUT2D eigenvalue weighted by atomic mass is 32.2. The predicted octanol–water partition coefficient (Wildman–Crippen LogP) is -0.298. The number of hydrogen-bond donors (Lipinski definition) is 3. The highest BCUT2D eigenvalue weighted by molar-refractivity contribution is 7.89. The van der Waals surface area contributed by atoms with E-state index in [9.17, 15) is 18.0 Å². The molecular formula is C13H22N4O5S. The number of hydrogen-bond acceptors (Lipinski definition) is 5. The van der Waals surface area contributed by atoms with Gasteiger partial charge in [-0.2, -0.15) is 9.82 Å². The zero-order valence-corrected chi connectivity index (χ0v) is 14.3. The fourth-order valence-corrected chi connectivity index (χ4v) is 3.07. The van der Waals surface area contributed by atoms with E-state index in [1.54, 1.807) is 7.05 Å². The van der Waals surface area contributed by atoms with Gasteiger partial charge < -0.3 is 10.4 Å². The van der Waals surface area contributed by atoms with Gasteiger partial charge in [-0.25, -0.2) is 13.2 Å². The van der Waals surface area contributed by atoms with Crippen molar-refractivity contribution in [1.29, 1.82) is 0 Å². The topological polar surface area (TPSA) is 130 Å². The van der Waals surface area contributed by atoms with Crippen molar-refractivity contribution in [3.05, 3.63) is 12.4 Å². The van der Waals surface area contributed by atoms with Gasteiger partial charge in [-0.05, 0) is 19.3 Å². The molecule has 130 valence electrons. The van der Waals surface area contributed by atoms with Gasteiger partial charge in [0.05, 0.1) is 12.2 Å². The molecule has 0 saturated carbocycles. The first-order chi connectivity index (χ1) is 10.5. The zero-order valence-electron chi connectivity index (χ0n) is 13.5. The summed E-state index contributed by atoms with van der Waals surface area (Å²) in [5.74, 6) is -1.79. The van der Waals surface area contributed by atoms with Crippen LogP contribution in [-0.2, 0) is 26.7 Å². The van der Waals surface area contributed by atoms with Crippen LogP contribution in [0.3, 0.4) is 0 Å². The summed E-state index contributed by atoms with van der Waals surface area (Å²) < 4.78 is 27.7. The average molecular weight is 346 g/mol. The van der Waals surface area contributed by atoms with Crippen LogP contribution in [0.4, 0.5) is 0 Å². The molecule has 0 radical (unpaired) electrons. The number of nitrogens with one attached hydrogen (secondary N) is 2. The first kappa shape index (κ1) is 19.1. The summed E-state index contributed by atoms with van der Waals surface area (Å²) in [4.78, 5) is 23.1. The molecule has 0 aromatic carbocycles. The van der Waals surface area contributed by atoms with Gasteiger partial charge in [-0.1, -0.05) is 13.8 Å². The fourth-order valence-electron chi connectivity index (χ4n) is 1.88. The van der Waals surface area contributed by atoms with Gasteiger partial charge in [-0.3, -0.25) is 9.48 Å². The molecule has 1 aromatic heterocycles. The van der Waals surface area contributed by atoms with Crippen molar-refractivity contribution < 1.29 is 23.1 Å².